The third-order valence-electron chi connectivity index (χ3n) is 1.90. The second-order valence-electron chi connectivity index (χ2n) is 3.34. The molecule has 0 amide bonds. The maximum atomic E-state index is 5.29. The Labute approximate surface area is 69.9 Å². The highest BCUT2D eigenvalue weighted by atomic mass is 16.5. The lowest BCUT2D eigenvalue weighted by molar-refractivity contribution is -0.0353. The summed E-state index contributed by atoms with van der Waals surface area (Å²) in [6, 6.07) is 0. The molecule has 0 bridgehead atoms. The zero-order valence-electron chi connectivity index (χ0n) is 8.26. The lowest BCUT2D eigenvalue weighted by atomic mass is 10.0. The molecule has 2 nitrogen and oxygen atoms in total. The molecule has 68 valence electrons. The van der Waals surface area contributed by atoms with Gasteiger partial charge in [0.1, 0.15) is 0 Å². The number of rotatable bonds is 5. The Morgan fingerprint density at radius 3 is 1.82 bits per heavy atom. The predicted molar refractivity (Wildman–Crippen MR) is 46.7 cm³/mol. The Balaban J connectivity index is 3.74. The Morgan fingerprint density at radius 2 is 1.55 bits per heavy atom. The van der Waals surface area contributed by atoms with E-state index in [1.807, 2.05) is 6.92 Å². The fourth-order valence-corrected chi connectivity index (χ4v) is 1.10. The van der Waals surface area contributed by atoms with Gasteiger partial charge in [0.25, 0.3) is 0 Å². The van der Waals surface area contributed by atoms with E-state index in [0.717, 1.165) is 6.42 Å². The van der Waals surface area contributed by atoms with E-state index in [1.165, 1.54) is 0 Å². The lowest BCUT2D eigenvalue weighted by Gasteiger charge is -2.22. The molecule has 0 spiro atoms. The van der Waals surface area contributed by atoms with Gasteiger partial charge in [-0.3, -0.25) is 0 Å². The highest BCUT2D eigenvalue weighted by Crippen LogP contribution is 2.12. The lowest BCUT2D eigenvalue weighted by Crippen LogP contribution is -2.28. The van der Waals surface area contributed by atoms with E-state index in [0.29, 0.717) is 5.92 Å². The van der Waals surface area contributed by atoms with E-state index in [4.69, 9.17) is 9.47 Å². The van der Waals surface area contributed by atoms with Crippen LogP contribution in [0.4, 0.5) is 0 Å². The summed E-state index contributed by atoms with van der Waals surface area (Å²) in [6.45, 7) is 6.42. The van der Waals surface area contributed by atoms with Crippen LogP contribution in [0, 0.1) is 5.92 Å². The van der Waals surface area contributed by atoms with Gasteiger partial charge in [-0.2, -0.15) is 0 Å². The van der Waals surface area contributed by atoms with Gasteiger partial charge in [0.2, 0.25) is 0 Å². The van der Waals surface area contributed by atoms with Crippen LogP contribution in [0.15, 0.2) is 0 Å². The van der Waals surface area contributed by atoms with Crippen LogP contribution in [-0.2, 0) is 9.47 Å². The minimum Gasteiger partial charge on any atom is -0.379 e. The fourth-order valence-electron chi connectivity index (χ4n) is 1.10. The number of hydrogen-bond donors (Lipinski definition) is 0. The van der Waals surface area contributed by atoms with Gasteiger partial charge < -0.3 is 9.47 Å². The molecule has 0 aromatic heterocycles. The van der Waals surface area contributed by atoms with Crippen molar-refractivity contribution in [3.63, 3.8) is 0 Å². The van der Waals surface area contributed by atoms with E-state index < -0.39 is 0 Å². The molecule has 2 atom stereocenters. The van der Waals surface area contributed by atoms with Crippen molar-refractivity contribution in [1.82, 2.24) is 0 Å². The maximum Gasteiger partial charge on any atom is 0.0832 e. The van der Waals surface area contributed by atoms with Crippen molar-refractivity contribution < 1.29 is 9.47 Å². The SMILES string of the molecule is COC(C)C(CC(C)C)OC. The fraction of sp³-hybridized carbons (Fsp3) is 1.00. The molecular formula is C9H20O2. The number of hydrogen-bond acceptors (Lipinski definition) is 2. The first-order valence-electron chi connectivity index (χ1n) is 4.17. The van der Waals surface area contributed by atoms with Crippen molar-refractivity contribution in [3.8, 4) is 0 Å². The Bertz CT molecular complexity index is 91.6. The van der Waals surface area contributed by atoms with Crippen molar-refractivity contribution in [1.29, 1.82) is 0 Å². The van der Waals surface area contributed by atoms with Crippen LogP contribution in [0.25, 0.3) is 0 Å². The van der Waals surface area contributed by atoms with Crippen LogP contribution in [0.1, 0.15) is 27.2 Å². The third kappa shape index (κ3) is 4.38. The smallest absolute Gasteiger partial charge is 0.0832 e. The molecule has 0 aliphatic rings. The van der Waals surface area contributed by atoms with Crippen LogP contribution in [0.5, 0.6) is 0 Å². The van der Waals surface area contributed by atoms with Crippen LogP contribution < -0.4 is 0 Å². The first-order chi connectivity index (χ1) is 5.11. The number of methoxy groups -OCH3 is 2. The highest BCUT2D eigenvalue weighted by molar-refractivity contribution is 4.66. The molecule has 0 saturated carbocycles. The molecule has 0 aliphatic carbocycles. The summed E-state index contributed by atoms with van der Waals surface area (Å²) in [5.74, 6) is 0.664. The summed E-state index contributed by atoms with van der Waals surface area (Å²) in [5, 5.41) is 0. The predicted octanol–water partition coefficient (Wildman–Crippen LogP) is 2.08. The summed E-state index contributed by atoms with van der Waals surface area (Å²) in [4.78, 5) is 0. The summed E-state index contributed by atoms with van der Waals surface area (Å²) >= 11 is 0. The standard InChI is InChI=1S/C9H20O2/c1-7(2)6-9(11-5)8(3)10-4/h7-9H,6H2,1-5H3. The van der Waals surface area contributed by atoms with Gasteiger partial charge in [0.15, 0.2) is 0 Å². The van der Waals surface area contributed by atoms with Gasteiger partial charge >= 0.3 is 0 Å². The zero-order chi connectivity index (χ0) is 8.85. The molecule has 0 rings (SSSR count). The Kier molecular flexibility index (Phi) is 5.51. The van der Waals surface area contributed by atoms with E-state index in [9.17, 15) is 0 Å². The van der Waals surface area contributed by atoms with Crippen LogP contribution in [0.2, 0.25) is 0 Å². The van der Waals surface area contributed by atoms with Crippen molar-refractivity contribution in [2.75, 3.05) is 14.2 Å². The van der Waals surface area contributed by atoms with Gasteiger partial charge in [-0.25, -0.2) is 0 Å². The van der Waals surface area contributed by atoms with Crippen molar-refractivity contribution in [3.05, 3.63) is 0 Å². The van der Waals surface area contributed by atoms with Gasteiger partial charge in [0, 0.05) is 14.2 Å². The van der Waals surface area contributed by atoms with Crippen LogP contribution in [0.3, 0.4) is 0 Å². The molecule has 0 N–H and O–H groups in total. The van der Waals surface area contributed by atoms with E-state index in [1.54, 1.807) is 14.2 Å². The van der Waals surface area contributed by atoms with Gasteiger partial charge in [0.05, 0.1) is 12.2 Å². The molecule has 0 aromatic carbocycles. The summed E-state index contributed by atoms with van der Waals surface area (Å²) in [7, 11) is 3.46. The van der Waals surface area contributed by atoms with Crippen LogP contribution >= 0.6 is 0 Å². The summed E-state index contributed by atoms with van der Waals surface area (Å²) in [6.07, 6.45) is 1.49. The normalized spacial score (nSPS) is 16.9. The average Bonchev–Trinajstić information content (AvgIpc) is 1.98. The Morgan fingerprint density at radius 1 is 1.00 bits per heavy atom. The Hall–Kier alpha value is -0.0800. The molecule has 0 radical (unpaired) electrons. The van der Waals surface area contributed by atoms with Crippen molar-refractivity contribution in [2.45, 2.75) is 39.4 Å². The van der Waals surface area contributed by atoms with E-state index in [2.05, 4.69) is 13.8 Å². The molecule has 0 saturated heterocycles. The summed E-state index contributed by atoms with van der Waals surface area (Å²) in [5.41, 5.74) is 0. The van der Waals surface area contributed by atoms with Gasteiger partial charge in [-0.1, -0.05) is 13.8 Å². The van der Waals surface area contributed by atoms with Gasteiger partial charge in [-0.15, -0.1) is 0 Å². The van der Waals surface area contributed by atoms with Gasteiger partial charge in [-0.05, 0) is 19.3 Å². The first kappa shape index (κ1) is 10.9. The second kappa shape index (κ2) is 5.56. The van der Waals surface area contributed by atoms with E-state index >= 15 is 0 Å². The minimum absolute atomic E-state index is 0.197. The molecule has 0 heterocycles. The molecule has 0 aromatic rings. The van der Waals surface area contributed by atoms with Crippen LogP contribution in [-0.4, -0.2) is 26.4 Å². The quantitative estimate of drug-likeness (QED) is 0.613. The van der Waals surface area contributed by atoms with Crippen molar-refractivity contribution >= 4 is 0 Å². The maximum absolute atomic E-state index is 5.29. The zero-order valence-corrected chi connectivity index (χ0v) is 8.26. The monoisotopic (exact) mass is 160 g/mol. The molecule has 2 heteroatoms. The molecule has 2 unspecified atom stereocenters. The molecule has 0 fully saturated rings. The molecule has 0 aliphatic heterocycles. The number of ether oxygens (including phenoxy) is 2. The third-order valence-corrected chi connectivity index (χ3v) is 1.90. The molecule has 11 heavy (non-hydrogen) atoms. The average molecular weight is 160 g/mol. The first-order valence-corrected chi connectivity index (χ1v) is 4.17. The second-order valence-corrected chi connectivity index (χ2v) is 3.34. The minimum atomic E-state index is 0.197. The topological polar surface area (TPSA) is 18.5 Å². The van der Waals surface area contributed by atoms with E-state index in [-0.39, 0.29) is 12.2 Å². The summed E-state index contributed by atoms with van der Waals surface area (Å²) < 4.78 is 10.5. The largest absolute Gasteiger partial charge is 0.379 e. The van der Waals surface area contributed by atoms with Crippen molar-refractivity contribution in [2.24, 2.45) is 5.92 Å². The highest BCUT2D eigenvalue weighted by Gasteiger charge is 2.16. The molecular weight excluding hydrogens is 140 g/mol.